The highest BCUT2D eigenvalue weighted by atomic mass is 19.4. The third-order valence-corrected chi connectivity index (χ3v) is 4.87. The van der Waals surface area contributed by atoms with Crippen LogP contribution in [0.5, 0.6) is 5.75 Å². The number of hydrogen-bond donors (Lipinski definition) is 1. The molecule has 2 fully saturated rings. The number of hydrogen-bond acceptors (Lipinski definition) is 3. The van der Waals surface area contributed by atoms with Crippen molar-refractivity contribution in [1.82, 2.24) is 0 Å². The number of ether oxygens (including phenoxy) is 2. The molecule has 1 aromatic carbocycles. The van der Waals surface area contributed by atoms with E-state index in [0.717, 1.165) is 37.5 Å². The van der Waals surface area contributed by atoms with Gasteiger partial charge in [0.05, 0.1) is 17.2 Å². The molecule has 4 nitrogen and oxygen atoms in total. The van der Waals surface area contributed by atoms with E-state index in [0.29, 0.717) is 11.8 Å². The molecule has 0 aliphatic heterocycles. The van der Waals surface area contributed by atoms with Crippen molar-refractivity contribution in [2.24, 2.45) is 11.8 Å². The number of benzene rings is 1. The molecule has 4 atom stereocenters. The number of alkyl halides is 3. The largest absolute Gasteiger partial charge is 0.478 e. The molecule has 7 heteroatoms. The molecule has 0 amide bonds. The Hall–Kier alpha value is -1.76. The third-order valence-electron chi connectivity index (χ3n) is 4.87. The van der Waals surface area contributed by atoms with Crippen LogP contribution >= 0.6 is 0 Å². The van der Waals surface area contributed by atoms with Gasteiger partial charge in [-0.05, 0) is 62.6 Å². The molecule has 2 aliphatic rings. The molecule has 132 valence electrons. The Bertz CT molecular complexity index is 629. The summed E-state index contributed by atoms with van der Waals surface area (Å²) >= 11 is 0. The van der Waals surface area contributed by atoms with E-state index in [9.17, 15) is 18.0 Å². The van der Waals surface area contributed by atoms with Gasteiger partial charge in [-0.25, -0.2) is 4.79 Å². The Morgan fingerprint density at radius 3 is 2.58 bits per heavy atom. The first-order chi connectivity index (χ1) is 11.2. The lowest BCUT2D eigenvalue weighted by Gasteiger charge is -2.27. The van der Waals surface area contributed by atoms with Crippen LogP contribution in [0.2, 0.25) is 0 Å². The molecule has 3 rings (SSSR count). The molecular formula is C17H19F3O4. The molecule has 0 spiro atoms. The maximum absolute atomic E-state index is 13.1. The summed E-state index contributed by atoms with van der Waals surface area (Å²) in [6.07, 6.45) is -1.18. The molecule has 0 radical (unpaired) electrons. The van der Waals surface area contributed by atoms with Gasteiger partial charge >= 0.3 is 12.1 Å². The van der Waals surface area contributed by atoms with Gasteiger partial charge in [0.25, 0.3) is 0 Å². The minimum absolute atomic E-state index is 0.00995. The van der Waals surface area contributed by atoms with Gasteiger partial charge < -0.3 is 14.6 Å². The molecule has 2 bridgehead atoms. The van der Waals surface area contributed by atoms with Crippen molar-refractivity contribution in [1.29, 1.82) is 0 Å². The fourth-order valence-electron chi connectivity index (χ4n) is 3.79. The van der Waals surface area contributed by atoms with Gasteiger partial charge in [0.1, 0.15) is 5.75 Å². The molecule has 0 aromatic heterocycles. The van der Waals surface area contributed by atoms with E-state index in [1.54, 1.807) is 6.92 Å². The normalized spacial score (nSPS) is 27.2. The van der Waals surface area contributed by atoms with E-state index in [2.05, 4.69) is 0 Å². The minimum Gasteiger partial charge on any atom is -0.478 e. The van der Waals surface area contributed by atoms with Crippen LogP contribution in [0.1, 0.15) is 48.5 Å². The smallest absolute Gasteiger partial charge is 0.419 e. The van der Waals surface area contributed by atoms with Gasteiger partial charge in [0, 0.05) is 0 Å². The van der Waals surface area contributed by atoms with E-state index in [1.807, 2.05) is 0 Å². The maximum atomic E-state index is 13.1. The Morgan fingerprint density at radius 2 is 2.04 bits per heavy atom. The fraction of sp³-hybridized carbons (Fsp3) is 0.588. The number of aromatic carboxylic acids is 1. The topological polar surface area (TPSA) is 55.8 Å². The van der Waals surface area contributed by atoms with Gasteiger partial charge in [-0.15, -0.1) is 0 Å². The van der Waals surface area contributed by atoms with E-state index in [1.165, 1.54) is 6.42 Å². The quantitative estimate of drug-likeness (QED) is 0.808. The first-order valence-electron chi connectivity index (χ1n) is 8.00. The van der Waals surface area contributed by atoms with Crippen molar-refractivity contribution in [3.63, 3.8) is 0 Å². The van der Waals surface area contributed by atoms with Crippen LogP contribution in [0.3, 0.4) is 0 Å². The zero-order valence-corrected chi connectivity index (χ0v) is 13.2. The summed E-state index contributed by atoms with van der Waals surface area (Å²) in [6, 6.07) is 2.54. The molecule has 2 saturated carbocycles. The van der Waals surface area contributed by atoms with E-state index in [4.69, 9.17) is 14.6 Å². The van der Waals surface area contributed by atoms with Crippen molar-refractivity contribution in [3.05, 3.63) is 29.3 Å². The average Bonchev–Trinajstić information content (AvgIpc) is 3.08. The van der Waals surface area contributed by atoms with Gasteiger partial charge in [-0.2, -0.15) is 13.2 Å². The van der Waals surface area contributed by atoms with E-state index >= 15 is 0 Å². The predicted octanol–water partition coefficient (Wildman–Crippen LogP) is 4.33. The van der Waals surface area contributed by atoms with Crippen LogP contribution in [0.15, 0.2) is 18.2 Å². The SMILES string of the molecule is CC(Oc1cc(C(=O)O)ccc1C(F)(F)F)OC1CC2CCC1C2. The van der Waals surface area contributed by atoms with Gasteiger partial charge in [-0.3, -0.25) is 0 Å². The molecular weight excluding hydrogens is 325 g/mol. The second-order valence-electron chi connectivity index (χ2n) is 6.55. The highest BCUT2D eigenvalue weighted by Gasteiger charge is 2.41. The summed E-state index contributed by atoms with van der Waals surface area (Å²) in [4.78, 5) is 11.0. The van der Waals surface area contributed by atoms with Crippen LogP contribution in [0.4, 0.5) is 13.2 Å². The lowest BCUT2D eigenvalue weighted by molar-refractivity contribution is -0.147. The summed E-state index contributed by atoms with van der Waals surface area (Å²) in [5, 5.41) is 8.97. The molecule has 1 aromatic rings. The number of carboxylic acid groups (broad SMARTS) is 1. The highest BCUT2D eigenvalue weighted by Crippen LogP contribution is 2.46. The Balaban J connectivity index is 1.74. The Morgan fingerprint density at radius 1 is 1.29 bits per heavy atom. The minimum atomic E-state index is -4.63. The van der Waals surface area contributed by atoms with Gasteiger partial charge in [0.15, 0.2) is 6.29 Å². The second-order valence-corrected chi connectivity index (χ2v) is 6.55. The first kappa shape index (κ1) is 17.1. The highest BCUT2D eigenvalue weighted by molar-refractivity contribution is 5.88. The number of carbonyl (C=O) groups is 1. The summed E-state index contributed by atoms with van der Waals surface area (Å²) in [6.45, 7) is 1.54. The van der Waals surface area contributed by atoms with E-state index in [-0.39, 0.29) is 11.7 Å². The zero-order chi connectivity index (χ0) is 17.5. The maximum Gasteiger partial charge on any atom is 0.419 e. The molecule has 4 unspecified atom stereocenters. The monoisotopic (exact) mass is 344 g/mol. The van der Waals surface area contributed by atoms with Crippen LogP contribution in [0.25, 0.3) is 0 Å². The number of carboxylic acids is 1. The number of halogens is 3. The van der Waals surface area contributed by atoms with Crippen LogP contribution in [-0.4, -0.2) is 23.5 Å². The van der Waals surface area contributed by atoms with Crippen molar-refractivity contribution in [3.8, 4) is 5.75 Å². The number of rotatable bonds is 5. The van der Waals surface area contributed by atoms with Gasteiger partial charge in [-0.1, -0.05) is 0 Å². The lowest BCUT2D eigenvalue weighted by Crippen LogP contribution is -2.29. The Kier molecular flexibility index (Phi) is 4.46. The predicted molar refractivity (Wildman–Crippen MR) is 78.8 cm³/mol. The average molecular weight is 344 g/mol. The zero-order valence-electron chi connectivity index (χ0n) is 13.2. The molecule has 1 N–H and O–H groups in total. The van der Waals surface area contributed by atoms with Crippen LogP contribution in [-0.2, 0) is 10.9 Å². The molecule has 0 heterocycles. The number of fused-ring (bicyclic) bond motifs is 2. The molecule has 2 aliphatic carbocycles. The summed E-state index contributed by atoms with van der Waals surface area (Å²) < 4.78 is 50.4. The van der Waals surface area contributed by atoms with Crippen molar-refractivity contribution < 1.29 is 32.5 Å². The van der Waals surface area contributed by atoms with Crippen molar-refractivity contribution in [2.45, 2.75) is 51.2 Å². The fourth-order valence-corrected chi connectivity index (χ4v) is 3.79. The Labute approximate surface area is 137 Å². The summed E-state index contributed by atoms with van der Waals surface area (Å²) in [7, 11) is 0. The lowest BCUT2D eigenvalue weighted by atomic mass is 9.98. The standard InChI is InChI=1S/C17H19F3O4/c1-9(23-14-7-10-2-3-11(14)6-10)24-15-8-12(16(21)22)4-5-13(15)17(18,19)20/h4-5,8-11,14H,2-3,6-7H2,1H3,(H,21,22). The summed E-state index contributed by atoms with van der Waals surface area (Å²) in [5.41, 5.74) is -1.26. The second kappa shape index (κ2) is 6.27. The summed E-state index contributed by atoms with van der Waals surface area (Å²) in [5.74, 6) is -0.727. The van der Waals surface area contributed by atoms with Crippen molar-refractivity contribution in [2.75, 3.05) is 0 Å². The van der Waals surface area contributed by atoms with E-state index < -0.39 is 29.7 Å². The first-order valence-corrected chi connectivity index (χ1v) is 8.00. The molecule has 24 heavy (non-hydrogen) atoms. The van der Waals surface area contributed by atoms with Crippen LogP contribution < -0.4 is 4.74 Å². The molecule has 0 saturated heterocycles. The third kappa shape index (κ3) is 3.50. The van der Waals surface area contributed by atoms with Gasteiger partial charge in [0.2, 0.25) is 0 Å². The van der Waals surface area contributed by atoms with Crippen LogP contribution in [0, 0.1) is 11.8 Å². The van der Waals surface area contributed by atoms with Crippen molar-refractivity contribution >= 4 is 5.97 Å².